The van der Waals surface area contributed by atoms with E-state index >= 15 is 0 Å². The summed E-state index contributed by atoms with van der Waals surface area (Å²) >= 11 is 0. The molecule has 1 aromatic rings. The van der Waals surface area contributed by atoms with Crippen LogP contribution in [0.25, 0.3) is 0 Å². The van der Waals surface area contributed by atoms with Crippen LogP contribution in [0.2, 0.25) is 0 Å². The minimum Gasteiger partial charge on any atom is -0.465 e. The Morgan fingerprint density at radius 1 is 1.58 bits per heavy atom. The first-order chi connectivity index (χ1) is 5.77. The number of carbonyl (C=O) groups excluding carboxylic acids is 1. The van der Waals surface area contributed by atoms with E-state index in [1.165, 1.54) is 7.11 Å². The predicted octanol–water partition coefficient (Wildman–Crippen LogP) is 0.879. The molecule has 0 aliphatic carbocycles. The summed E-state index contributed by atoms with van der Waals surface area (Å²) in [5.74, 6) is -0.329. The number of rotatable bonds is 3. The van der Waals surface area contributed by atoms with Crippen molar-refractivity contribution in [3.8, 4) is 0 Å². The molecule has 12 heavy (non-hydrogen) atoms. The summed E-state index contributed by atoms with van der Waals surface area (Å²) in [7, 11) is 2.95. The second-order valence-corrected chi connectivity index (χ2v) is 2.32. The number of esters is 1. The summed E-state index contributed by atoms with van der Waals surface area (Å²) in [5.41, 5.74) is 0.537. The summed E-state index contributed by atoms with van der Waals surface area (Å²) in [4.78, 5) is 11.0. The Labute approximate surface area is 70.7 Å². The Balaban J connectivity index is 2.70. The summed E-state index contributed by atoms with van der Waals surface area (Å²) in [6.45, 7) is 0.441. The van der Waals surface area contributed by atoms with Gasteiger partial charge in [-0.2, -0.15) is 0 Å². The minimum atomic E-state index is -0.329. The van der Waals surface area contributed by atoms with Crippen LogP contribution in [0, 0.1) is 0 Å². The van der Waals surface area contributed by atoms with Crippen molar-refractivity contribution >= 4 is 5.97 Å². The van der Waals surface area contributed by atoms with Gasteiger partial charge in [-0.25, -0.2) is 4.79 Å². The van der Waals surface area contributed by atoms with Gasteiger partial charge in [0.1, 0.15) is 6.73 Å². The fourth-order valence-electron chi connectivity index (χ4n) is 0.909. The van der Waals surface area contributed by atoms with Crippen molar-refractivity contribution in [2.24, 2.45) is 0 Å². The molecule has 0 saturated heterocycles. The minimum absolute atomic E-state index is 0.329. The third kappa shape index (κ3) is 1.85. The van der Waals surface area contributed by atoms with Crippen molar-refractivity contribution in [1.29, 1.82) is 0 Å². The zero-order valence-corrected chi connectivity index (χ0v) is 7.11. The molecular weight excluding hydrogens is 158 g/mol. The molecule has 0 aliphatic heterocycles. The molecule has 0 unspecified atom stereocenters. The zero-order chi connectivity index (χ0) is 8.97. The molecule has 0 atom stereocenters. The molecule has 66 valence electrons. The van der Waals surface area contributed by atoms with Gasteiger partial charge in [-0.05, 0) is 6.07 Å². The Hall–Kier alpha value is -1.29. The van der Waals surface area contributed by atoms with Gasteiger partial charge >= 0.3 is 5.97 Å². The quantitative estimate of drug-likeness (QED) is 0.630. The maximum atomic E-state index is 11.0. The highest BCUT2D eigenvalue weighted by Gasteiger charge is 2.05. The molecular formula is C8H11NO3. The van der Waals surface area contributed by atoms with Crippen molar-refractivity contribution < 1.29 is 14.3 Å². The molecule has 0 bridgehead atoms. The van der Waals surface area contributed by atoms with Crippen molar-refractivity contribution in [3.05, 3.63) is 24.0 Å². The molecule has 4 nitrogen and oxygen atoms in total. The highest BCUT2D eigenvalue weighted by Crippen LogP contribution is 2.02. The highest BCUT2D eigenvalue weighted by atomic mass is 16.5. The van der Waals surface area contributed by atoms with Crippen LogP contribution >= 0.6 is 0 Å². The van der Waals surface area contributed by atoms with E-state index in [0.29, 0.717) is 12.3 Å². The molecule has 0 saturated carbocycles. The number of carbonyl (C=O) groups is 1. The van der Waals surface area contributed by atoms with Gasteiger partial charge < -0.3 is 14.0 Å². The van der Waals surface area contributed by atoms with E-state index in [1.807, 2.05) is 0 Å². The lowest BCUT2D eigenvalue weighted by atomic mass is 10.3. The fourth-order valence-corrected chi connectivity index (χ4v) is 0.909. The third-order valence-electron chi connectivity index (χ3n) is 1.45. The lowest BCUT2D eigenvalue weighted by Gasteiger charge is -1.98. The molecule has 0 spiro atoms. The predicted molar refractivity (Wildman–Crippen MR) is 42.8 cm³/mol. The van der Waals surface area contributed by atoms with E-state index in [2.05, 4.69) is 4.74 Å². The second kappa shape index (κ2) is 3.92. The Morgan fingerprint density at radius 2 is 2.33 bits per heavy atom. The van der Waals surface area contributed by atoms with E-state index in [9.17, 15) is 4.79 Å². The molecule has 1 heterocycles. The monoisotopic (exact) mass is 169 g/mol. The maximum Gasteiger partial charge on any atom is 0.339 e. The number of nitrogens with zero attached hydrogens (tertiary/aromatic N) is 1. The van der Waals surface area contributed by atoms with Crippen LogP contribution in [-0.2, 0) is 16.2 Å². The van der Waals surface area contributed by atoms with Gasteiger partial charge in [0.05, 0.1) is 12.7 Å². The normalized spacial score (nSPS) is 9.83. The lowest BCUT2D eigenvalue weighted by Crippen LogP contribution is -2.00. The summed E-state index contributed by atoms with van der Waals surface area (Å²) in [6, 6.07) is 1.69. The van der Waals surface area contributed by atoms with Crippen LogP contribution in [0.1, 0.15) is 10.4 Å². The van der Waals surface area contributed by atoms with Gasteiger partial charge in [0.15, 0.2) is 0 Å². The van der Waals surface area contributed by atoms with E-state index in [0.717, 1.165) is 0 Å². The largest absolute Gasteiger partial charge is 0.465 e. The van der Waals surface area contributed by atoms with Gasteiger partial charge in [0, 0.05) is 19.5 Å². The van der Waals surface area contributed by atoms with Crippen LogP contribution in [-0.4, -0.2) is 24.8 Å². The standard InChI is InChI=1S/C8H11NO3/c1-11-6-9-4-3-7(5-9)8(10)12-2/h3-5H,6H2,1-2H3. The number of hydrogen-bond acceptors (Lipinski definition) is 3. The molecule has 1 aromatic heterocycles. The molecule has 0 fully saturated rings. The smallest absolute Gasteiger partial charge is 0.339 e. The van der Waals surface area contributed by atoms with E-state index < -0.39 is 0 Å². The molecule has 0 aliphatic rings. The maximum absolute atomic E-state index is 11.0. The molecule has 1 rings (SSSR count). The second-order valence-electron chi connectivity index (χ2n) is 2.32. The first kappa shape index (κ1) is 8.80. The number of aromatic nitrogens is 1. The van der Waals surface area contributed by atoms with Gasteiger partial charge in [-0.1, -0.05) is 0 Å². The fraction of sp³-hybridized carbons (Fsp3) is 0.375. The Bertz CT molecular complexity index is 267. The average Bonchev–Trinajstić information content (AvgIpc) is 2.52. The Morgan fingerprint density at radius 3 is 2.92 bits per heavy atom. The van der Waals surface area contributed by atoms with Crippen LogP contribution in [0.15, 0.2) is 18.5 Å². The molecule has 0 aromatic carbocycles. The third-order valence-corrected chi connectivity index (χ3v) is 1.45. The average molecular weight is 169 g/mol. The van der Waals surface area contributed by atoms with Crippen LogP contribution in [0.4, 0.5) is 0 Å². The number of ether oxygens (including phenoxy) is 2. The highest BCUT2D eigenvalue weighted by molar-refractivity contribution is 5.88. The number of hydrogen-bond donors (Lipinski definition) is 0. The van der Waals surface area contributed by atoms with Gasteiger partial charge in [-0.15, -0.1) is 0 Å². The van der Waals surface area contributed by atoms with Crippen molar-refractivity contribution in [3.63, 3.8) is 0 Å². The van der Waals surface area contributed by atoms with E-state index in [4.69, 9.17) is 4.74 Å². The van der Waals surface area contributed by atoms with Gasteiger partial charge in [0.2, 0.25) is 0 Å². The summed E-state index contributed by atoms with van der Waals surface area (Å²) in [6.07, 6.45) is 3.44. The van der Waals surface area contributed by atoms with Gasteiger partial charge in [-0.3, -0.25) is 0 Å². The lowest BCUT2D eigenvalue weighted by molar-refractivity contribution is 0.0600. The topological polar surface area (TPSA) is 40.5 Å². The van der Waals surface area contributed by atoms with E-state index in [1.54, 1.807) is 30.1 Å². The first-order valence-electron chi connectivity index (χ1n) is 3.51. The van der Waals surface area contributed by atoms with Gasteiger partial charge in [0.25, 0.3) is 0 Å². The summed E-state index contributed by atoms with van der Waals surface area (Å²) in [5, 5.41) is 0. The van der Waals surface area contributed by atoms with Crippen LogP contribution in [0.5, 0.6) is 0 Å². The zero-order valence-electron chi connectivity index (χ0n) is 7.11. The first-order valence-corrected chi connectivity index (χ1v) is 3.51. The summed E-state index contributed by atoms with van der Waals surface area (Å²) < 4.78 is 11.2. The SMILES string of the molecule is COCn1ccc(C(=O)OC)c1. The molecule has 0 radical (unpaired) electrons. The Kier molecular flexibility index (Phi) is 2.88. The number of methoxy groups -OCH3 is 2. The van der Waals surface area contributed by atoms with Crippen LogP contribution < -0.4 is 0 Å². The van der Waals surface area contributed by atoms with Crippen LogP contribution in [0.3, 0.4) is 0 Å². The van der Waals surface area contributed by atoms with E-state index in [-0.39, 0.29) is 5.97 Å². The van der Waals surface area contributed by atoms with Crippen molar-refractivity contribution in [1.82, 2.24) is 4.57 Å². The molecule has 0 N–H and O–H groups in total. The molecule has 4 heteroatoms. The van der Waals surface area contributed by atoms with Crippen molar-refractivity contribution in [2.75, 3.05) is 14.2 Å². The van der Waals surface area contributed by atoms with Crippen molar-refractivity contribution in [2.45, 2.75) is 6.73 Å². The molecule has 0 amide bonds.